The first-order valence-corrected chi connectivity index (χ1v) is 19.9. The summed E-state index contributed by atoms with van der Waals surface area (Å²) < 4.78 is 11.4. The van der Waals surface area contributed by atoms with Crippen molar-refractivity contribution in [3.05, 3.63) is 213 Å². The smallest absolute Gasteiger partial charge is 0.107 e. The van der Waals surface area contributed by atoms with Gasteiger partial charge in [-0.25, -0.2) is 0 Å². The van der Waals surface area contributed by atoms with E-state index in [1.54, 1.807) is 0 Å². The summed E-state index contributed by atoms with van der Waals surface area (Å²) in [6.07, 6.45) is -1.65. The Morgan fingerprint density at radius 1 is 0.350 bits per heavy atom. The van der Waals surface area contributed by atoms with Crippen molar-refractivity contribution >= 4 is 0 Å². The van der Waals surface area contributed by atoms with Crippen molar-refractivity contribution in [2.24, 2.45) is 0 Å². The molecule has 6 aromatic carbocycles. The van der Waals surface area contributed by atoms with Crippen molar-refractivity contribution in [3.63, 3.8) is 0 Å². The monoisotopic (exact) mass is 788 g/mol. The molecule has 6 aromatic rings. The van der Waals surface area contributed by atoms with Crippen LogP contribution in [-0.4, -0.2) is 58.1 Å². The van der Waals surface area contributed by atoms with Gasteiger partial charge in [0.15, 0.2) is 0 Å². The molecule has 2 aliphatic rings. The van der Waals surface area contributed by atoms with Crippen molar-refractivity contribution in [1.82, 2.24) is 0 Å². The molecule has 4 N–H and O–H groups in total. The highest BCUT2D eigenvalue weighted by molar-refractivity contribution is 5.50. The lowest BCUT2D eigenvalue weighted by molar-refractivity contribution is -0.0225. The van der Waals surface area contributed by atoms with Crippen LogP contribution in [0.1, 0.15) is 80.7 Å². The highest BCUT2D eigenvalue weighted by atomic mass is 16.5. The minimum Gasteiger partial charge on any atom is -0.394 e. The quantitative estimate of drug-likeness (QED) is 0.140. The molecule has 0 spiro atoms. The Hall–Kier alpha value is -6.68. The Balaban J connectivity index is 0.000000181. The first-order chi connectivity index (χ1) is 29.4. The average Bonchev–Trinajstić information content (AvgIpc) is 3.89. The maximum absolute atomic E-state index is 9.88. The summed E-state index contributed by atoms with van der Waals surface area (Å²) in [5.41, 5.74) is 9.53. The molecule has 0 unspecified atom stereocenters. The molecule has 0 aliphatic carbocycles. The van der Waals surface area contributed by atoms with E-state index in [0.717, 1.165) is 55.6 Å². The molecule has 6 nitrogen and oxygen atoms in total. The van der Waals surface area contributed by atoms with Crippen LogP contribution in [0.5, 0.6) is 0 Å². The lowest BCUT2D eigenvalue weighted by Crippen LogP contribution is -2.24. The van der Waals surface area contributed by atoms with Gasteiger partial charge in [0, 0.05) is 57.3 Å². The molecular formula is C54H44O6. The first kappa shape index (κ1) is 41.5. The molecule has 6 atom stereocenters. The van der Waals surface area contributed by atoms with E-state index in [0.29, 0.717) is 12.8 Å². The highest BCUT2D eigenvalue weighted by Crippen LogP contribution is 2.34. The van der Waals surface area contributed by atoms with Gasteiger partial charge in [-0.1, -0.05) is 108 Å². The van der Waals surface area contributed by atoms with Crippen LogP contribution in [0.25, 0.3) is 0 Å². The first-order valence-electron chi connectivity index (χ1n) is 19.9. The summed E-state index contributed by atoms with van der Waals surface area (Å²) in [7, 11) is 0. The van der Waals surface area contributed by atoms with E-state index < -0.39 is 24.4 Å². The fourth-order valence-electron chi connectivity index (χ4n) is 6.67. The molecule has 8 rings (SSSR count). The molecule has 0 amide bonds. The van der Waals surface area contributed by atoms with Gasteiger partial charge in [0.25, 0.3) is 0 Å². The third-order valence-electron chi connectivity index (χ3n) is 10.1. The van der Waals surface area contributed by atoms with Gasteiger partial charge >= 0.3 is 0 Å². The van der Waals surface area contributed by atoms with Crippen LogP contribution in [0, 0.1) is 47.4 Å². The van der Waals surface area contributed by atoms with Gasteiger partial charge in [-0.05, 0) is 108 Å². The Kier molecular flexibility index (Phi) is 14.4. The predicted molar refractivity (Wildman–Crippen MR) is 233 cm³/mol. The Labute approximate surface area is 352 Å². The van der Waals surface area contributed by atoms with E-state index in [1.807, 2.05) is 158 Å². The number of rotatable bonds is 4. The molecule has 2 fully saturated rings. The maximum Gasteiger partial charge on any atom is 0.107 e. The van der Waals surface area contributed by atoms with Crippen molar-refractivity contribution in [1.29, 1.82) is 0 Å². The van der Waals surface area contributed by atoms with E-state index in [4.69, 9.17) is 9.47 Å². The molecule has 296 valence electrons. The van der Waals surface area contributed by atoms with Crippen LogP contribution in [0.4, 0.5) is 0 Å². The van der Waals surface area contributed by atoms with Crippen molar-refractivity contribution in [2.45, 2.75) is 49.5 Å². The van der Waals surface area contributed by atoms with Crippen LogP contribution in [0.2, 0.25) is 0 Å². The zero-order valence-corrected chi connectivity index (χ0v) is 32.9. The molecule has 6 heteroatoms. The van der Waals surface area contributed by atoms with Crippen LogP contribution < -0.4 is 0 Å². The molecule has 2 aliphatic heterocycles. The van der Waals surface area contributed by atoms with Gasteiger partial charge in [0.1, 0.15) is 12.2 Å². The molecule has 2 saturated heterocycles. The second kappa shape index (κ2) is 20.8. The topological polar surface area (TPSA) is 99.4 Å². The Morgan fingerprint density at radius 2 is 0.583 bits per heavy atom. The molecule has 0 bridgehead atoms. The van der Waals surface area contributed by atoms with Crippen LogP contribution in [-0.2, 0) is 9.47 Å². The maximum atomic E-state index is 9.88. The summed E-state index contributed by atoms with van der Waals surface area (Å²) in [6, 6.07) is 51.3. The molecule has 0 radical (unpaired) electrons. The van der Waals surface area contributed by atoms with Gasteiger partial charge in [0.2, 0.25) is 0 Å². The van der Waals surface area contributed by atoms with Crippen molar-refractivity contribution < 1.29 is 29.9 Å². The highest BCUT2D eigenvalue weighted by Gasteiger charge is 2.35. The minimum atomic E-state index is -0.625. The van der Waals surface area contributed by atoms with Gasteiger partial charge in [-0.15, -0.1) is 0 Å². The number of aliphatic hydroxyl groups is 4. The lowest BCUT2D eigenvalue weighted by atomic mass is 10.0. The molecule has 2 heterocycles. The SMILES string of the molecule is OC[C@H]1O[C@@H](c2ccc(C#Cc3ccc(C#Cc4ccccc4)cc3)cc2)C[C@H]1O.OC[C@H]1O[C@@H](c2ccc(C#Cc3ccc(C#Cc4ccccc4)cc3)cc2)C[C@H]1O. The fraction of sp³-hybridized carbons (Fsp3) is 0.185. The molecule has 0 saturated carbocycles. The number of benzene rings is 6. The lowest BCUT2D eigenvalue weighted by Gasteiger charge is -2.12. The van der Waals surface area contributed by atoms with Crippen LogP contribution >= 0.6 is 0 Å². The van der Waals surface area contributed by atoms with Crippen LogP contribution in [0.15, 0.2) is 158 Å². The summed E-state index contributed by atoms with van der Waals surface area (Å²) in [6.45, 7) is -0.338. The summed E-state index contributed by atoms with van der Waals surface area (Å²) in [5, 5.41) is 38.2. The van der Waals surface area contributed by atoms with Gasteiger partial charge in [0.05, 0.1) is 37.6 Å². The van der Waals surface area contributed by atoms with E-state index in [1.165, 1.54) is 0 Å². The van der Waals surface area contributed by atoms with E-state index in [2.05, 4.69) is 47.4 Å². The average molecular weight is 789 g/mol. The summed E-state index contributed by atoms with van der Waals surface area (Å²) in [4.78, 5) is 0. The number of hydrogen-bond donors (Lipinski definition) is 4. The third-order valence-corrected chi connectivity index (χ3v) is 10.1. The van der Waals surface area contributed by atoms with E-state index in [9.17, 15) is 20.4 Å². The van der Waals surface area contributed by atoms with Gasteiger partial charge in [-0.2, -0.15) is 0 Å². The normalized spacial score (nSPS) is 20.0. The van der Waals surface area contributed by atoms with E-state index >= 15 is 0 Å². The second-order valence-corrected chi connectivity index (χ2v) is 14.4. The third kappa shape index (κ3) is 11.7. The minimum absolute atomic E-state index is 0.169. The second-order valence-electron chi connectivity index (χ2n) is 14.4. The standard InChI is InChI=1S/2C27H22O3/c2*28-19-27-25(29)18-26(30-27)24-16-14-23(15-17-24)13-12-22-10-8-21(9-11-22)7-6-20-4-2-1-3-5-20/h2*1-5,8-11,14-17,25-29H,18-19H2/t2*25-,26-,27-/m11/s1. The zero-order valence-electron chi connectivity index (χ0n) is 32.9. The number of hydrogen-bond acceptors (Lipinski definition) is 6. The van der Waals surface area contributed by atoms with Crippen LogP contribution in [0.3, 0.4) is 0 Å². The molecule has 60 heavy (non-hydrogen) atoms. The largest absolute Gasteiger partial charge is 0.394 e. The zero-order chi connectivity index (χ0) is 41.5. The summed E-state index contributed by atoms with van der Waals surface area (Å²) >= 11 is 0. The van der Waals surface area contributed by atoms with E-state index in [-0.39, 0.29) is 25.4 Å². The Bertz CT molecular complexity index is 2370. The summed E-state index contributed by atoms with van der Waals surface area (Å²) in [5.74, 6) is 25.3. The molecule has 0 aromatic heterocycles. The molecular weight excluding hydrogens is 745 g/mol. The fourth-order valence-corrected chi connectivity index (χ4v) is 6.67. The Morgan fingerprint density at radius 3 is 0.817 bits per heavy atom. The van der Waals surface area contributed by atoms with Gasteiger partial charge < -0.3 is 29.9 Å². The predicted octanol–water partition coefficient (Wildman–Crippen LogP) is 7.34. The van der Waals surface area contributed by atoms with Gasteiger partial charge in [-0.3, -0.25) is 0 Å². The van der Waals surface area contributed by atoms with Crippen molar-refractivity contribution in [3.8, 4) is 47.4 Å². The van der Waals surface area contributed by atoms with Crippen molar-refractivity contribution in [2.75, 3.05) is 13.2 Å². The number of ether oxygens (including phenoxy) is 2. The number of aliphatic hydroxyl groups excluding tert-OH is 4.